The number of fused-ring (bicyclic) bond motifs is 2. The van der Waals surface area contributed by atoms with Crippen LogP contribution in [-0.2, 0) is 12.8 Å². The maximum absolute atomic E-state index is 12.4. The molecule has 2 aromatic carbocycles. The SMILES string of the molecule is C=CCc1c(OCCCCCOc2ccc3c(=O)cc(C(=O)O)oc3c2CC=C)ccc2c(=O)cc(C(=O)O)oc12. The van der Waals surface area contributed by atoms with Crippen LogP contribution in [0.15, 0.2) is 80.1 Å². The van der Waals surface area contributed by atoms with Gasteiger partial charge in [0.15, 0.2) is 10.9 Å². The molecule has 10 heteroatoms. The van der Waals surface area contributed by atoms with Crippen LogP contribution in [0.25, 0.3) is 21.9 Å². The molecule has 2 N–H and O–H groups in total. The molecule has 212 valence electrons. The van der Waals surface area contributed by atoms with Crippen molar-refractivity contribution in [3.63, 3.8) is 0 Å². The van der Waals surface area contributed by atoms with Crippen molar-refractivity contribution in [2.24, 2.45) is 0 Å². The Balaban J connectivity index is 1.39. The molecule has 0 unspecified atom stereocenters. The molecule has 4 aromatic rings. The zero-order chi connectivity index (χ0) is 29.5. The molecule has 41 heavy (non-hydrogen) atoms. The predicted octanol–water partition coefficient (Wildman–Crippen LogP) is 5.38. The molecule has 0 aliphatic rings. The van der Waals surface area contributed by atoms with E-state index in [1.807, 2.05) is 0 Å². The highest BCUT2D eigenvalue weighted by Gasteiger charge is 2.18. The number of hydrogen-bond acceptors (Lipinski definition) is 8. The molecule has 2 aromatic heterocycles. The fourth-order valence-electron chi connectivity index (χ4n) is 4.41. The van der Waals surface area contributed by atoms with Crippen LogP contribution in [0.3, 0.4) is 0 Å². The van der Waals surface area contributed by atoms with E-state index in [-0.39, 0.29) is 21.9 Å². The van der Waals surface area contributed by atoms with Gasteiger partial charge in [-0.25, -0.2) is 9.59 Å². The van der Waals surface area contributed by atoms with Crippen molar-refractivity contribution in [1.29, 1.82) is 0 Å². The van der Waals surface area contributed by atoms with Crippen molar-refractivity contribution in [1.82, 2.24) is 0 Å². The van der Waals surface area contributed by atoms with Gasteiger partial charge in [0.25, 0.3) is 0 Å². The summed E-state index contributed by atoms with van der Waals surface area (Å²) in [6, 6.07) is 8.33. The molecule has 0 bridgehead atoms. The van der Waals surface area contributed by atoms with Crippen LogP contribution in [0.1, 0.15) is 51.5 Å². The lowest BCUT2D eigenvalue weighted by atomic mass is 10.1. The zero-order valence-corrected chi connectivity index (χ0v) is 22.1. The van der Waals surface area contributed by atoms with Crippen LogP contribution in [0.5, 0.6) is 11.5 Å². The summed E-state index contributed by atoms with van der Waals surface area (Å²) in [4.78, 5) is 47.5. The first-order valence-corrected chi connectivity index (χ1v) is 12.9. The highest BCUT2D eigenvalue weighted by molar-refractivity contribution is 5.90. The van der Waals surface area contributed by atoms with Gasteiger partial charge in [0.05, 0.1) is 24.0 Å². The number of benzene rings is 2. The monoisotopic (exact) mass is 560 g/mol. The average Bonchev–Trinajstić information content (AvgIpc) is 2.94. The fourth-order valence-corrected chi connectivity index (χ4v) is 4.41. The number of ether oxygens (including phenoxy) is 2. The molecule has 0 saturated carbocycles. The molecule has 0 aliphatic carbocycles. The number of allylic oxidation sites excluding steroid dienone is 2. The van der Waals surface area contributed by atoms with Gasteiger partial charge in [0, 0.05) is 23.3 Å². The van der Waals surface area contributed by atoms with E-state index in [2.05, 4.69) is 13.2 Å². The number of aromatic carboxylic acids is 2. The van der Waals surface area contributed by atoms with Crippen molar-refractivity contribution in [2.45, 2.75) is 32.1 Å². The number of carbonyl (C=O) groups is 2. The summed E-state index contributed by atoms with van der Waals surface area (Å²) in [5, 5.41) is 19.1. The van der Waals surface area contributed by atoms with Crippen LogP contribution in [0.2, 0.25) is 0 Å². The van der Waals surface area contributed by atoms with E-state index in [0.717, 1.165) is 18.6 Å². The minimum atomic E-state index is -1.34. The van der Waals surface area contributed by atoms with Gasteiger partial charge in [0.1, 0.15) is 22.7 Å². The van der Waals surface area contributed by atoms with E-state index in [0.29, 0.717) is 61.5 Å². The molecule has 0 fully saturated rings. The standard InChI is InChI=1S/C31H28O10/c1-3-8-20-24(12-10-18-22(32)16-26(30(34)35)40-28(18)20)38-14-6-5-7-15-39-25-13-11-19-23(33)17-27(31(36)37)41-29(19)21(25)9-4-2/h3-4,10-13,16-17H,1-2,5-9,14-15H2,(H,34,35)(H,36,37). The molecule has 4 rings (SSSR count). The maximum Gasteiger partial charge on any atom is 0.371 e. The number of hydrogen-bond donors (Lipinski definition) is 2. The minimum absolute atomic E-state index is 0.165. The van der Waals surface area contributed by atoms with E-state index in [4.69, 9.17) is 18.3 Å². The molecule has 0 saturated heterocycles. The molecule has 0 spiro atoms. The Morgan fingerprint density at radius 1 is 0.707 bits per heavy atom. The van der Waals surface area contributed by atoms with Crippen molar-refractivity contribution in [3.05, 3.63) is 105 Å². The lowest BCUT2D eigenvalue weighted by Crippen LogP contribution is -2.09. The Bertz CT molecular complexity index is 1630. The third-order valence-electron chi connectivity index (χ3n) is 6.34. The second-order valence-electron chi connectivity index (χ2n) is 9.14. The summed E-state index contributed by atoms with van der Waals surface area (Å²) in [5.74, 6) is -2.61. The summed E-state index contributed by atoms with van der Waals surface area (Å²) in [6.07, 6.45) is 6.00. The number of carboxylic acid groups (broad SMARTS) is 2. The van der Waals surface area contributed by atoms with E-state index < -0.39 is 34.3 Å². The molecule has 0 aliphatic heterocycles. The smallest absolute Gasteiger partial charge is 0.371 e. The average molecular weight is 561 g/mol. The molecule has 10 nitrogen and oxygen atoms in total. The van der Waals surface area contributed by atoms with Gasteiger partial charge >= 0.3 is 11.9 Å². The van der Waals surface area contributed by atoms with Gasteiger partial charge in [-0.1, -0.05) is 12.2 Å². The highest BCUT2D eigenvalue weighted by Crippen LogP contribution is 2.30. The summed E-state index contributed by atoms with van der Waals surface area (Å²) < 4.78 is 22.9. The van der Waals surface area contributed by atoms with Gasteiger partial charge in [-0.05, 0) is 56.4 Å². The van der Waals surface area contributed by atoms with E-state index >= 15 is 0 Å². The third kappa shape index (κ3) is 6.38. The fraction of sp³-hybridized carbons (Fsp3) is 0.226. The Labute approximate surface area is 233 Å². The van der Waals surface area contributed by atoms with Crippen molar-refractivity contribution < 1.29 is 38.1 Å². The van der Waals surface area contributed by atoms with Gasteiger partial charge in [0.2, 0.25) is 11.5 Å². The van der Waals surface area contributed by atoms with Crippen LogP contribution in [0.4, 0.5) is 0 Å². The summed E-state index contributed by atoms with van der Waals surface area (Å²) in [5.41, 5.74) is 0.519. The molecule has 0 amide bonds. The van der Waals surface area contributed by atoms with Gasteiger partial charge in [-0.2, -0.15) is 0 Å². The molecule has 0 radical (unpaired) electrons. The van der Waals surface area contributed by atoms with Gasteiger partial charge in [-0.3, -0.25) is 9.59 Å². The van der Waals surface area contributed by atoms with E-state index in [9.17, 15) is 29.4 Å². The first-order chi connectivity index (χ1) is 19.7. The Kier molecular flexibility index (Phi) is 9.03. The lowest BCUT2D eigenvalue weighted by Gasteiger charge is -2.14. The Hall–Kier alpha value is -5.12. The van der Waals surface area contributed by atoms with E-state index in [1.54, 1.807) is 36.4 Å². The Morgan fingerprint density at radius 3 is 1.49 bits per heavy atom. The predicted molar refractivity (Wildman–Crippen MR) is 152 cm³/mol. The van der Waals surface area contributed by atoms with Gasteiger partial charge in [-0.15, -0.1) is 13.2 Å². The zero-order valence-electron chi connectivity index (χ0n) is 22.1. The normalized spacial score (nSPS) is 10.9. The molecule has 2 heterocycles. The van der Waals surface area contributed by atoms with Crippen LogP contribution >= 0.6 is 0 Å². The first kappa shape index (κ1) is 28.9. The number of rotatable bonds is 14. The van der Waals surface area contributed by atoms with Gasteiger partial charge < -0.3 is 28.5 Å². The lowest BCUT2D eigenvalue weighted by molar-refractivity contribution is 0.0653. The van der Waals surface area contributed by atoms with Crippen molar-refractivity contribution >= 4 is 33.9 Å². The quantitative estimate of drug-likeness (QED) is 0.152. The molecule has 0 atom stereocenters. The second kappa shape index (κ2) is 12.8. The number of unbranched alkanes of at least 4 members (excludes halogenated alkanes) is 2. The van der Waals surface area contributed by atoms with E-state index in [1.165, 1.54) is 0 Å². The largest absolute Gasteiger partial charge is 0.493 e. The minimum Gasteiger partial charge on any atom is -0.493 e. The maximum atomic E-state index is 12.4. The summed E-state index contributed by atoms with van der Waals surface area (Å²) >= 11 is 0. The summed E-state index contributed by atoms with van der Waals surface area (Å²) in [6.45, 7) is 8.18. The summed E-state index contributed by atoms with van der Waals surface area (Å²) in [7, 11) is 0. The topological polar surface area (TPSA) is 153 Å². The van der Waals surface area contributed by atoms with Crippen LogP contribution < -0.4 is 20.3 Å². The third-order valence-corrected chi connectivity index (χ3v) is 6.34. The van der Waals surface area contributed by atoms with Crippen LogP contribution in [-0.4, -0.2) is 35.4 Å². The second-order valence-corrected chi connectivity index (χ2v) is 9.14. The van der Waals surface area contributed by atoms with Crippen molar-refractivity contribution in [3.8, 4) is 11.5 Å². The molecular formula is C31H28O10. The Morgan fingerprint density at radius 2 is 1.12 bits per heavy atom. The number of carboxylic acids is 2. The van der Waals surface area contributed by atoms with Crippen LogP contribution in [0, 0.1) is 0 Å². The highest BCUT2D eigenvalue weighted by atomic mass is 16.5. The first-order valence-electron chi connectivity index (χ1n) is 12.9. The molecular weight excluding hydrogens is 532 g/mol. The van der Waals surface area contributed by atoms with Crippen molar-refractivity contribution in [2.75, 3.05) is 13.2 Å².